The third kappa shape index (κ3) is 2.56. The van der Waals surface area contributed by atoms with Crippen LogP contribution in [-0.2, 0) is 0 Å². The molecule has 0 aliphatic heterocycles. The summed E-state index contributed by atoms with van der Waals surface area (Å²) < 4.78 is 0.857. The minimum Gasteiger partial charge on any atom is -0.311 e. The lowest BCUT2D eigenvalue weighted by atomic mass is 10.2. The standard InChI is InChI=1S/C16H12N2O3S/c1-17(12-5-3-2-4-6-12)16(19)15-10-11-9-13(18(20)21)7-8-14(11)22-15/h2-10H,1H3. The van der Waals surface area contributed by atoms with Crippen molar-refractivity contribution < 1.29 is 9.72 Å². The van der Waals surface area contributed by atoms with Crippen molar-refractivity contribution in [3.8, 4) is 0 Å². The van der Waals surface area contributed by atoms with E-state index >= 15 is 0 Å². The van der Waals surface area contributed by atoms with E-state index in [-0.39, 0.29) is 11.6 Å². The van der Waals surface area contributed by atoms with Gasteiger partial charge in [-0.1, -0.05) is 18.2 Å². The van der Waals surface area contributed by atoms with Crippen LogP contribution in [0.2, 0.25) is 0 Å². The average Bonchev–Trinajstić information content (AvgIpc) is 2.97. The van der Waals surface area contributed by atoms with Gasteiger partial charge in [-0.25, -0.2) is 0 Å². The molecule has 6 heteroatoms. The summed E-state index contributed by atoms with van der Waals surface area (Å²) in [5.74, 6) is -0.130. The van der Waals surface area contributed by atoms with Gasteiger partial charge in [-0.3, -0.25) is 14.9 Å². The zero-order chi connectivity index (χ0) is 15.7. The summed E-state index contributed by atoms with van der Waals surface area (Å²) in [6.07, 6.45) is 0. The molecule has 1 heterocycles. The summed E-state index contributed by atoms with van der Waals surface area (Å²) in [7, 11) is 1.71. The molecule has 0 unspecified atom stereocenters. The summed E-state index contributed by atoms with van der Waals surface area (Å²) in [6.45, 7) is 0. The Kier molecular flexibility index (Phi) is 3.60. The molecule has 0 saturated carbocycles. The maximum absolute atomic E-state index is 12.5. The number of fused-ring (bicyclic) bond motifs is 1. The predicted octanol–water partition coefficient (Wildman–Crippen LogP) is 4.09. The average molecular weight is 312 g/mol. The van der Waals surface area contributed by atoms with Crippen molar-refractivity contribution in [3.63, 3.8) is 0 Å². The van der Waals surface area contributed by atoms with Crippen molar-refractivity contribution in [2.24, 2.45) is 0 Å². The van der Waals surface area contributed by atoms with Crippen molar-refractivity contribution in [1.29, 1.82) is 0 Å². The Balaban J connectivity index is 1.96. The van der Waals surface area contributed by atoms with Crippen LogP contribution in [0.4, 0.5) is 11.4 Å². The van der Waals surface area contributed by atoms with E-state index in [0.717, 1.165) is 10.4 Å². The predicted molar refractivity (Wildman–Crippen MR) is 87.7 cm³/mol. The lowest BCUT2D eigenvalue weighted by Crippen LogP contribution is -2.25. The van der Waals surface area contributed by atoms with E-state index in [1.807, 2.05) is 30.3 Å². The fourth-order valence-corrected chi connectivity index (χ4v) is 3.20. The number of hydrogen-bond acceptors (Lipinski definition) is 4. The first-order chi connectivity index (χ1) is 10.6. The Hall–Kier alpha value is -2.73. The minimum atomic E-state index is -0.436. The number of amides is 1. The van der Waals surface area contributed by atoms with E-state index in [4.69, 9.17) is 0 Å². The number of nitro benzene ring substituents is 1. The van der Waals surface area contributed by atoms with Gasteiger partial charge in [-0.05, 0) is 24.3 Å². The van der Waals surface area contributed by atoms with Crippen molar-refractivity contribution in [1.82, 2.24) is 0 Å². The molecule has 1 aromatic heterocycles. The number of nitro groups is 1. The molecule has 0 bridgehead atoms. The maximum atomic E-state index is 12.5. The quantitative estimate of drug-likeness (QED) is 0.540. The molecular weight excluding hydrogens is 300 g/mol. The molecule has 22 heavy (non-hydrogen) atoms. The van der Waals surface area contributed by atoms with Gasteiger partial charge < -0.3 is 4.90 Å². The number of anilines is 1. The number of benzene rings is 2. The van der Waals surface area contributed by atoms with Gasteiger partial charge in [0.2, 0.25) is 0 Å². The molecule has 0 aliphatic carbocycles. The SMILES string of the molecule is CN(C(=O)c1cc2cc([N+](=O)[O-])ccc2s1)c1ccccc1. The number of para-hydroxylation sites is 1. The van der Waals surface area contributed by atoms with E-state index in [0.29, 0.717) is 10.3 Å². The molecular formula is C16H12N2O3S. The molecule has 0 spiro atoms. The van der Waals surface area contributed by atoms with Crippen molar-refractivity contribution in [2.75, 3.05) is 11.9 Å². The number of carbonyl (C=O) groups excluding carboxylic acids is 1. The van der Waals surface area contributed by atoms with Crippen LogP contribution in [-0.4, -0.2) is 17.9 Å². The molecule has 1 amide bonds. The van der Waals surface area contributed by atoms with E-state index in [9.17, 15) is 14.9 Å². The van der Waals surface area contributed by atoms with Gasteiger partial charge >= 0.3 is 0 Å². The summed E-state index contributed by atoms with van der Waals surface area (Å²) >= 11 is 1.33. The highest BCUT2D eigenvalue weighted by Gasteiger charge is 2.17. The fraction of sp³-hybridized carbons (Fsp3) is 0.0625. The normalized spacial score (nSPS) is 10.6. The first kappa shape index (κ1) is 14.2. The molecule has 110 valence electrons. The van der Waals surface area contributed by atoms with Gasteiger partial charge in [0.15, 0.2) is 0 Å². The zero-order valence-electron chi connectivity index (χ0n) is 11.7. The van der Waals surface area contributed by atoms with Crippen molar-refractivity contribution in [3.05, 3.63) is 69.6 Å². The number of rotatable bonds is 3. The number of hydrogen-bond donors (Lipinski definition) is 0. The first-order valence-corrected chi connectivity index (χ1v) is 7.39. The van der Waals surface area contributed by atoms with Crippen LogP contribution in [0.3, 0.4) is 0 Å². The van der Waals surface area contributed by atoms with Gasteiger partial charge in [0, 0.05) is 35.0 Å². The highest BCUT2D eigenvalue weighted by Crippen LogP contribution is 2.30. The van der Waals surface area contributed by atoms with Crippen LogP contribution < -0.4 is 4.90 Å². The van der Waals surface area contributed by atoms with Crippen molar-refractivity contribution in [2.45, 2.75) is 0 Å². The highest BCUT2D eigenvalue weighted by molar-refractivity contribution is 7.20. The molecule has 0 N–H and O–H groups in total. The van der Waals surface area contributed by atoms with Gasteiger partial charge in [0.25, 0.3) is 11.6 Å². The maximum Gasteiger partial charge on any atom is 0.270 e. The summed E-state index contributed by atoms with van der Waals surface area (Å²) in [5.41, 5.74) is 0.830. The minimum absolute atomic E-state index is 0.0284. The number of thiophene rings is 1. The van der Waals surface area contributed by atoms with E-state index in [1.165, 1.54) is 23.5 Å². The molecule has 3 aromatic rings. The zero-order valence-corrected chi connectivity index (χ0v) is 12.5. The Morgan fingerprint density at radius 2 is 1.86 bits per heavy atom. The topological polar surface area (TPSA) is 63.5 Å². The molecule has 0 fully saturated rings. The number of carbonyl (C=O) groups is 1. The summed E-state index contributed by atoms with van der Waals surface area (Å²) in [6, 6.07) is 15.7. The molecule has 3 rings (SSSR count). The van der Waals surface area contributed by atoms with Crippen LogP contribution in [0.15, 0.2) is 54.6 Å². The molecule has 0 saturated heterocycles. The molecule has 5 nitrogen and oxygen atoms in total. The summed E-state index contributed by atoms with van der Waals surface area (Å²) in [5, 5.41) is 11.5. The van der Waals surface area contributed by atoms with Crippen LogP contribution in [0.1, 0.15) is 9.67 Å². The fourth-order valence-electron chi connectivity index (χ4n) is 2.18. The van der Waals surface area contributed by atoms with Gasteiger partial charge in [-0.2, -0.15) is 0 Å². The largest absolute Gasteiger partial charge is 0.311 e. The lowest BCUT2D eigenvalue weighted by Gasteiger charge is -2.15. The molecule has 0 radical (unpaired) electrons. The van der Waals surface area contributed by atoms with Crippen molar-refractivity contribution >= 4 is 38.7 Å². The summed E-state index contributed by atoms with van der Waals surface area (Å²) in [4.78, 5) is 25.0. The van der Waals surface area contributed by atoms with E-state index in [2.05, 4.69) is 0 Å². The Morgan fingerprint density at radius 1 is 1.14 bits per heavy atom. The first-order valence-electron chi connectivity index (χ1n) is 6.57. The monoisotopic (exact) mass is 312 g/mol. The van der Waals surface area contributed by atoms with E-state index < -0.39 is 4.92 Å². The molecule has 2 aromatic carbocycles. The highest BCUT2D eigenvalue weighted by atomic mass is 32.1. The second-order valence-electron chi connectivity index (χ2n) is 4.79. The molecule has 0 aliphatic rings. The Labute approximate surface area is 130 Å². The second kappa shape index (κ2) is 5.57. The van der Waals surface area contributed by atoms with Gasteiger partial charge in [0.05, 0.1) is 9.80 Å². The number of nitrogens with zero attached hydrogens (tertiary/aromatic N) is 2. The third-order valence-corrected chi connectivity index (χ3v) is 4.47. The van der Waals surface area contributed by atoms with Crippen LogP contribution >= 0.6 is 11.3 Å². The van der Waals surface area contributed by atoms with Crippen LogP contribution in [0.5, 0.6) is 0 Å². The lowest BCUT2D eigenvalue weighted by molar-refractivity contribution is -0.384. The smallest absolute Gasteiger partial charge is 0.270 e. The molecule has 0 atom stereocenters. The van der Waals surface area contributed by atoms with Gasteiger partial charge in [-0.15, -0.1) is 11.3 Å². The second-order valence-corrected chi connectivity index (χ2v) is 5.87. The number of non-ortho nitro benzene ring substituents is 1. The van der Waals surface area contributed by atoms with Crippen LogP contribution in [0.25, 0.3) is 10.1 Å². The Morgan fingerprint density at radius 3 is 2.55 bits per heavy atom. The third-order valence-electron chi connectivity index (χ3n) is 3.37. The Bertz CT molecular complexity index is 858. The van der Waals surface area contributed by atoms with Crippen LogP contribution in [0, 0.1) is 10.1 Å². The van der Waals surface area contributed by atoms with E-state index in [1.54, 1.807) is 24.1 Å². The van der Waals surface area contributed by atoms with Gasteiger partial charge in [0.1, 0.15) is 0 Å².